The number of benzene rings is 2. The molecule has 0 unspecified atom stereocenters. The van der Waals surface area contributed by atoms with E-state index in [1.807, 2.05) is 37.3 Å². The molecule has 27 heavy (non-hydrogen) atoms. The van der Waals surface area contributed by atoms with Crippen molar-refractivity contribution in [2.45, 2.75) is 32.8 Å². The Balaban J connectivity index is 1.86. The van der Waals surface area contributed by atoms with Crippen LogP contribution in [0.4, 0.5) is 5.69 Å². The normalized spacial score (nSPS) is 11.1. The highest BCUT2D eigenvalue weighted by Gasteiger charge is 2.18. The zero-order valence-corrected chi connectivity index (χ0v) is 15.4. The van der Waals surface area contributed by atoms with Crippen LogP contribution in [0.5, 0.6) is 5.75 Å². The van der Waals surface area contributed by atoms with Crippen molar-refractivity contribution in [3.8, 4) is 11.8 Å². The van der Waals surface area contributed by atoms with E-state index in [0.29, 0.717) is 24.3 Å². The van der Waals surface area contributed by atoms with Crippen molar-refractivity contribution in [2.24, 2.45) is 0 Å². The van der Waals surface area contributed by atoms with Crippen LogP contribution in [-0.4, -0.2) is 24.6 Å². The predicted octanol–water partition coefficient (Wildman–Crippen LogP) is 3.46. The number of esters is 1. The summed E-state index contributed by atoms with van der Waals surface area (Å²) >= 11 is 0. The second kappa shape index (κ2) is 9.97. The number of nitriles is 1. The third kappa shape index (κ3) is 6.15. The number of carbonyl (C=O) groups excluding carboxylic acids is 2. The molecule has 0 aromatic heterocycles. The van der Waals surface area contributed by atoms with Crippen LogP contribution < -0.4 is 10.1 Å². The van der Waals surface area contributed by atoms with Gasteiger partial charge in [-0.15, -0.1) is 0 Å². The second-order valence-electron chi connectivity index (χ2n) is 5.85. The average molecular weight is 366 g/mol. The molecule has 1 atom stereocenters. The van der Waals surface area contributed by atoms with Crippen molar-refractivity contribution < 1.29 is 19.1 Å². The number of amides is 1. The number of aryl methyl sites for hydroxylation is 1. The van der Waals surface area contributed by atoms with Gasteiger partial charge < -0.3 is 14.8 Å². The highest BCUT2D eigenvalue weighted by molar-refractivity contribution is 5.95. The molecule has 1 amide bonds. The number of hydrogen-bond acceptors (Lipinski definition) is 5. The zero-order chi connectivity index (χ0) is 19.6. The van der Waals surface area contributed by atoms with Crippen LogP contribution >= 0.6 is 0 Å². The number of nitrogens with one attached hydrogen (secondary N) is 1. The number of ether oxygens (including phenoxy) is 2. The van der Waals surface area contributed by atoms with Crippen molar-refractivity contribution in [1.82, 2.24) is 0 Å². The zero-order valence-electron chi connectivity index (χ0n) is 15.4. The van der Waals surface area contributed by atoms with Gasteiger partial charge in [-0.3, -0.25) is 9.59 Å². The van der Waals surface area contributed by atoms with Crippen molar-refractivity contribution in [2.75, 3.05) is 11.9 Å². The van der Waals surface area contributed by atoms with Gasteiger partial charge in [0, 0.05) is 12.1 Å². The Morgan fingerprint density at radius 2 is 1.96 bits per heavy atom. The van der Waals surface area contributed by atoms with Gasteiger partial charge in [0.1, 0.15) is 5.75 Å². The Labute approximate surface area is 158 Å². The standard InChI is InChI=1S/C21H22N2O4/c1-3-26-19-10-5-4-8-17(19)11-12-20(24)27-15(2)21(25)23-18-9-6-7-16(13-18)14-22/h4-10,13,15H,3,11-12H2,1-2H3,(H,23,25)/t15-/m1/s1. The molecular formula is C21H22N2O4. The van der Waals surface area contributed by atoms with Gasteiger partial charge in [0.15, 0.2) is 6.10 Å². The lowest BCUT2D eigenvalue weighted by Gasteiger charge is -2.14. The summed E-state index contributed by atoms with van der Waals surface area (Å²) in [5.74, 6) is -0.168. The molecule has 0 aliphatic carbocycles. The van der Waals surface area contributed by atoms with Crippen molar-refractivity contribution in [3.05, 3.63) is 59.7 Å². The van der Waals surface area contributed by atoms with Crippen molar-refractivity contribution in [1.29, 1.82) is 5.26 Å². The Hall–Kier alpha value is -3.33. The SMILES string of the molecule is CCOc1ccccc1CCC(=O)O[C@H](C)C(=O)Nc1cccc(C#N)c1. The summed E-state index contributed by atoms with van der Waals surface area (Å²) in [7, 11) is 0. The third-order valence-electron chi connectivity index (χ3n) is 3.81. The van der Waals surface area contributed by atoms with E-state index >= 15 is 0 Å². The Morgan fingerprint density at radius 1 is 1.19 bits per heavy atom. The fourth-order valence-electron chi connectivity index (χ4n) is 2.46. The van der Waals surface area contributed by atoms with Crippen LogP contribution in [0.2, 0.25) is 0 Å². The number of carbonyl (C=O) groups is 2. The minimum absolute atomic E-state index is 0.144. The molecule has 0 radical (unpaired) electrons. The van der Waals surface area contributed by atoms with Gasteiger partial charge in [-0.2, -0.15) is 5.26 Å². The first-order valence-corrected chi connectivity index (χ1v) is 8.74. The number of anilines is 1. The van der Waals surface area contributed by atoms with Gasteiger partial charge in [0.2, 0.25) is 0 Å². The lowest BCUT2D eigenvalue weighted by atomic mass is 10.1. The Bertz CT molecular complexity index is 842. The minimum atomic E-state index is -0.939. The molecular weight excluding hydrogens is 344 g/mol. The summed E-state index contributed by atoms with van der Waals surface area (Å²) in [6.07, 6.45) is -0.329. The van der Waals surface area contributed by atoms with Crippen LogP contribution in [0.25, 0.3) is 0 Å². The monoisotopic (exact) mass is 366 g/mol. The molecule has 0 spiro atoms. The fraction of sp³-hybridized carbons (Fsp3) is 0.286. The van der Waals surface area contributed by atoms with Gasteiger partial charge in [0.05, 0.1) is 18.2 Å². The molecule has 0 heterocycles. The number of nitrogens with zero attached hydrogens (tertiary/aromatic N) is 1. The van der Waals surface area contributed by atoms with E-state index in [1.54, 1.807) is 24.3 Å². The molecule has 0 aliphatic rings. The maximum Gasteiger partial charge on any atom is 0.306 e. The Kier molecular flexibility index (Phi) is 7.38. The average Bonchev–Trinajstić information content (AvgIpc) is 2.67. The third-order valence-corrected chi connectivity index (χ3v) is 3.81. The topological polar surface area (TPSA) is 88.4 Å². The number of hydrogen-bond donors (Lipinski definition) is 1. The van der Waals surface area contributed by atoms with Crippen molar-refractivity contribution >= 4 is 17.6 Å². The van der Waals surface area contributed by atoms with Gasteiger partial charge in [0.25, 0.3) is 5.91 Å². The van der Waals surface area contributed by atoms with E-state index in [4.69, 9.17) is 14.7 Å². The summed E-state index contributed by atoms with van der Waals surface area (Å²) < 4.78 is 10.7. The summed E-state index contributed by atoms with van der Waals surface area (Å²) in [5.41, 5.74) is 1.83. The molecule has 6 nitrogen and oxygen atoms in total. The highest BCUT2D eigenvalue weighted by Crippen LogP contribution is 2.20. The van der Waals surface area contributed by atoms with Crippen molar-refractivity contribution in [3.63, 3.8) is 0 Å². The molecule has 0 saturated carbocycles. The van der Waals surface area contributed by atoms with Gasteiger partial charge >= 0.3 is 5.97 Å². The first-order valence-electron chi connectivity index (χ1n) is 8.74. The molecule has 2 aromatic rings. The summed E-state index contributed by atoms with van der Waals surface area (Å²) in [5, 5.41) is 11.5. The molecule has 0 aliphatic heterocycles. The molecule has 140 valence electrons. The van der Waals surface area contributed by atoms with Gasteiger partial charge in [-0.1, -0.05) is 24.3 Å². The Morgan fingerprint density at radius 3 is 2.70 bits per heavy atom. The minimum Gasteiger partial charge on any atom is -0.494 e. The van der Waals surface area contributed by atoms with E-state index in [2.05, 4.69) is 5.32 Å². The maximum atomic E-state index is 12.2. The van der Waals surface area contributed by atoms with Gasteiger partial charge in [-0.25, -0.2) is 0 Å². The second-order valence-corrected chi connectivity index (χ2v) is 5.85. The largest absolute Gasteiger partial charge is 0.494 e. The summed E-state index contributed by atoms with van der Waals surface area (Å²) in [4.78, 5) is 24.2. The van der Waals surface area contributed by atoms with Crippen LogP contribution in [0.15, 0.2) is 48.5 Å². The molecule has 1 N–H and O–H groups in total. The van der Waals surface area contributed by atoms with E-state index in [1.165, 1.54) is 6.92 Å². The molecule has 0 bridgehead atoms. The van der Waals surface area contributed by atoms with Crippen LogP contribution in [-0.2, 0) is 20.7 Å². The van der Waals surface area contributed by atoms with Gasteiger partial charge in [-0.05, 0) is 50.1 Å². The first-order chi connectivity index (χ1) is 13.0. The predicted molar refractivity (Wildman–Crippen MR) is 101 cm³/mol. The van der Waals surface area contributed by atoms with Crippen LogP contribution in [0.3, 0.4) is 0 Å². The molecule has 2 rings (SSSR count). The molecule has 0 fully saturated rings. The lowest BCUT2D eigenvalue weighted by molar-refractivity contribution is -0.153. The van der Waals surface area contributed by atoms with E-state index < -0.39 is 18.0 Å². The fourth-order valence-corrected chi connectivity index (χ4v) is 2.46. The summed E-state index contributed by atoms with van der Waals surface area (Å²) in [6.45, 7) is 3.96. The quantitative estimate of drug-likeness (QED) is 0.723. The van der Waals surface area contributed by atoms with E-state index in [0.717, 1.165) is 11.3 Å². The molecule has 2 aromatic carbocycles. The number of rotatable bonds is 8. The summed E-state index contributed by atoms with van der Waals surface area (Å²) in [6, 6.07) is 16.0. The van der Waals surface area contributed by atoms with Crippen LogP contribution in [0, 0.1) is 11.3 Å². The molecule has 0 saturated heterocycles. The first kappa shape index (κ1) is 20.0. The van der Waals surface area contributed by atoms with E-state index in [-0.39, 0.29) is 6.42 Å². The number of para-hydroxylation sites is 1. The maximum absolute atomic E-state index is 12.2. The molecule has 6 heteroatoms. The lowest BCUT2D eigenvalue weighted by Crippen LogP contribution is -2.30. The van der Waals surface area contributed by atoms with E-state index in [9.17, 15) is 9.59 Å². The smallest absolute Gasteiger partial charge is 0.306 e. The van der Waals surface area contributed by atoms with Crippen LogP contribution in [0.1, 0.15) is 31.4 Å². The highest BCUT2D eigenvalue weighted by atomic mass is 16.5.